The van der Waals surface area contributed by atoms with Gasteiger partial charge in [-0.2, -0.15) is 0 Å². The molecule has 0 amide bonds. The van der Waals surface area contributed by atoms with Crippen molar-refractivity contribution >= 4 is 11.6 Å². The van der Waals surface area contributed by atoms with Gasteiger partial charge in [-0.1, -0.05) is 24.3 Å². The summed E-state index contributed by atoms with van der Waals surface area (Å²) in [5.74, 6) is 1.86. The van der Waals surface area contributed by atoms with Crippen molar-refractivity contribution in [3.05, 3.63) is 59.2 Å². The summed E-state index contributed by atoms with van der Waals surface area (Å²) in [5, 5.41) is 6.77. The number of hydrogen-bond donors (Lipinski definition) is 2. The molecule has 2 aromatic rings. The summed E-state index contributed by atoms with van der Waals surface area (Å²) >= 11 is 0. The Morgan fingerprint density at radius 3 is 2.81 bits per heavy atom. The van der Waals surface area contributed by atoms with E-state index in [9.17, 15) is 0 Å². The van der Waals surface area contributed by atoms with Crippen LogP contribution in [0.1, 0.15) is 16.7 Å². The molecule has 3 rings (SSSR count). The van der Waals surface area contributed by atoms with Gasteiger partial charge in [0.05, 0.1) is 6.61 Å². The van der Waals surface area contributed by atoms with Crippen molar-refractivity contribution in [2.45, 2.75) is 19.4 Å². The second kappa shape index (κ2) is 8.61. The largest absolute Gasteiger partial charge is 0.493 e. The second-order valence-corrected chi connectivity index (χ2v) is 6.71. The van der Waals surface area contributed by atoms with Crippen molar-refractivity contribution in [3.8, 4) is 5.75 Å². The lowest BCUT2D eigenvalue weighted by molar-refractivity contribution is 0.357. The normalized spacial score (nSPS) is 13.1. The van der Waals surface area contributed by atoms with Gasteiger partial charge in [0.1, 0.15) is 5.75 Å². The third-order valence-electron chi connectivity index (χ3n) is 4.57. The van der Waals surface area contributed by atoms with Crippen molar-refractivity contribution in [2.24, 2.45) is 4.99 Å². The fraction of sp³-hybridized carbons (Fsp3) is 0.381. The van der Waals surface area contributed by atoms with Crippen LogP contribution in [0.5, 0.6) is 5.75 Å². The third kappa shape index (κ3) is 4.69. The summed E-state index contributed by atoms with van der Waals surface area (Å²) in [7, 11) is 5.91. The number of benzene rings is 2. The number of hydrogen-bond acceptors (Lipinski definition) is 3. The number of aliphatic imine (C=N–C) groups is 1. The van der Waals surface area contributed by atoms with Crippen molar-refractivity contribution in [1.82, 2.24) is 10.6 Å². The summed E-state index contributed by atoms with van der Waals surface area (Å²) in [6, 6.07) is 15.0. The van der Waals surface area contributed by atoms with Gasteiger partial charge in [0.2, 0.25) is 0 Å². The summed E-state index contributed by atoms with van der Waals surface area (Å²) in [4.78, 5) is 6.42. The van der Waals surface area contributed by atoms with Crippen LogP contribution >= 0.6 is 0 Å². The molecule has 0 saturated heterocycles. The highest BCUT2D eigenvalue weighted by Crippen LogP contribution is 2.25. The van der Waals surface area contributed by atoms with Gasteiger partial charge in [0, 0.05) is 46.3 Å². The third-order valence-corrected chi connectivity index (χ3v) is 4.57. The zero-order chi connectivity index (χ0) is 18.4. The van der Waals surface area contributed by atoms with E-state index in [1.54, 1.807) is 7.05 Å². The first kappa shape index (κ1) is 18.1. The number of nitrogens with zero attached hydrogens (tertiary/aromatic N) is 2. The monoisotopic (exact) mass is 352 g/mol. The van der Waals surface area contributed by atoms with Gasteiger partial charge in [-0.15, -0.1) is 0 Å². The van der Waals surface area contributed by atoms with E-state index in [4.69, 9.17) is 4.74 Å². The minimum absolute atomic E-state index is 0.748. The Balaban J connectivity index is 1.47. The Bertz CT molecular complexity index is 770. The van der Waals surface area contributed by atoms with Gasteiger partial charge in [-0.3, -0.25) is 4.99 Å². The van der Waals surface area contributed by atoms with Crippen LogP contribution in [0.25, 0.3) is 0 Å². The molecule has 0 aliphatic carbocycles. The maximum Gasteiger partial charge on any atom is 0.191 e. The van der Waals surface area contributed by atoms with E-state index in [0.29, 0.717) is 0 Å². The van der Waals surface area contributed by atoms with E-state index in [1.165, 1.54) is 22.4 Å². The first-order chi connectivity index (χ1) is 12.7. The van der Waals surface area contributed by atoms with Crippen LogP contribution in [0, 0.1) is 0 Å². The number of guanidine groups is 1. The Hall–Kier alpha value is -2.69. The number of rotatable bonds is 6. The van der Waals surface area contributed by atoms with Crippen LogP contribution in [-0.4, -0.2) is 40.3 Å². The maximum atomic E-state index is 5.56. The Kier molecular flexibility index (Phi) is 6.00. The molecule has 26 heavy (non-hydrogen) atoms. The molecular formula is C21H28N4O. The molecule has 2 aromatic carbocycles. The predicted molar refractivity (Wildman–Crippen MR) is 108 cm³/mol. The molecule has 5 nitrogen and oxygen atoms in total. The number of nitrogens with one attached hydrogen (secondary N) is 2. The van der Waals surface area contributed by atoms with Gasteiger partial charge < -0.3 is 20.3 Å². The molecule has 5 heteroatoms. The summed E-state index contributed by atoms with van der Waals surface area (Å²) in [5.41, 5.74) is 5.09. The molecule has 0 aromatic heterocycles. The highest BCUT2D eigenvalue weighted by Gasteiger charge is 2.11. The van der Waals surface area contributed by atoms with Gasteiger partial charge in [-0.25, -0.2) is 0 Å². The molecule has 0 fully saturated rings. The van der Waals surface area contributed by atoms with Crippen molar-refractivity contribution < 1.29 is 4.74 Å². The molecule has 0 spiro atoms. The Morgan fingerprint density at radius 1 is 1.12 bits per heavy atom. The fourth-order valence-electron chi connectivity index (χ4n) is 3.07. The van der Waals surface area contributed by atoms with Crippen LogP contribution in [-0.2, 0) is 19.4 Å². The Morgan fingerprint density at radius 2 is 2.00 bits per heavy atom. The molecular weight excluding hydrogens is 324 g/mol. The minimum Gasteiger partial charge on any atom is -0.493 e. The van der Waals surface area contributed by atoms with Gasteiger partial charge in [-0.05, 0) is 41.3 Å². The number of ether oxygens (including phenoxy) is 1. The van der Waals surface area contributed by atoms with E-state index in [2.05, 4.69) is 77.1 Å². The van der Waals surface area contributed by atoms with Crippen molar-refractivity contribution in [1.29, 1.82) is 0 Å². The summed E-state index contributed by atoms with van der Waals surface area (Å²) in [6.07, 6.45) is 1.98. The topological polar surface area (TPSA) is 48.9 Å². The lowest BCUT2D eigenvalue weighted by Crippen LogP contribution is -2.37. The molecule has 0 atom stereocenters. The zero-order valence-electron chi connectivity index (χ0n) is 15.9. The predicted octanol–water partition coefficient (Wildman–Crippen LogP) is 2.60. The molecule has 0 unspecified atom stereocenters. The highest BCUT2D eigenvalue weighted by molar-refractivity contribution is 5.79. The number of fused-ring (bicyclic) bond motifs is 1. The summed E-state index contributed by atoms with van der Waals surface area (Å²) in [6.45, 7) is 2.40. The van der Waals surface area contributed by atoms with E-state index in [0.717, 1.165) is 44.2 Å². The van der Waals surface area contributed by atoms with E-state index >= 15 is 0 Å². The lowest BCUT2D eigenvalue weighted by atomic mass is 10.1. The lowest BCUT2D eigenvalue weighted by Gasteiger charge is -2.15. The van der Waals surface area contributed by atoms with Crippen LogP contribution in [0.4, 0.5) is 5.69 Å². The molecule has 1 heterocycles. The van der Waals surface area contributed by atoms with Gasteiger partial charge in [0.15, 0.2) is 5.96 Å². The van der Waals surface area contributed by atoms with Gasteiger partial charge >= 0.3 is 0 Å². The van der Waals surface area contributed by atoms with Crippen LogP contribution < -0.4 is 20.3 Å². The van der Waals surface area contributed by atoms with Crippen LogP contribution in [0.2, 0.25) is 0 Å². The molecule has 0 radical (unpaired) electrons. The SMILES string of the molecule is CN=C(NCCc1ccc2c(c1)CCO2)NCc1cccc(N(C)C)c1. The minimum atomic E-state index is 0.748. The number of anilines is 1. The Labute approximate surface area is 156 Å². The standard InChI is InChI=1S/C21H28N4O/c1-22-21(24-15-17-5-4-6-19(14-17)25(2)3)23-11-9-16-7-8-20-18(13-16)10-12-26-20/h4-8,13-14H,9-12,15H2,1-3H3,(H2,22,23,24). The zero-order valence-corrected chi connectivity index (χ0v) is 15.9. The van der Waals surface area contributed by atoms with Crippen LogP contribution in [0.15, 0.2) is 47.5 Å². The molecule has 1 aliphatic heterocycles. The van der Waals surface area contributed by atoms with Crippen molar-refractivity contribution in [3.63, 3.8) is 0 Å². The molecule has 2 N–H and O–H groups in total. The maximum absolute atomic E-state index is 5.56. The molecule has 1 aliphatic rings. The quantitative estimate of drug-likeness (QED) is 0.620. The average molecular weight is 352 g/mol. The van der Waals surface area contributed by atoms with Crippen molar-refractivity contribution in [2.75, 3.05) is 39.2 Å². The average Bonchev–Trinajstić information content (AvgIpc) is 3.12. The second-order valence-electron chi connectivity index (χ2n) is 6.71. The van der Waals surface area contributed by atoms with E-state index < -0.39 is 0 Å². The van der Waals surface area contributed by atoms with E-state index in [-0.39, 0.29) is 0 Å². The van der Waals surface area contributed by atoms with E-state index in [1.807, 2.05) is 0 Å². The first-order valence-corrected chi connectivity index (χ1v) is 9.11. The van der Waals surface area contributed by atoms with Crippen LogP contribution in [0.3, 0.4) is 0 Å². The van der Waals surface area contributed by atoms with Gasteiger partial charge in [0.25, 0.3) is 0 Å². The summed E-state index contributed by atoms with van der Waals surface area (Å²) < 4.78 is 5.56. The fourth-order valence-corrected chi connectivity index (χ4v) is 3.07. The highest BCUT2D eigenvalue weighted by atomic mass is 16.5. The molecule has 0 bridgehead atoms. The first-order valence-electron chi connectivity index (χ1n) is 9.11. The smallest absolute Gasteiger partial charge is 0.191 e. The molecule has 138 valence electrons. The molecule has 0 saturated carbocycles.